The second-order valence-corrected chi connectivity index (χ2v) is 4.48. The maximum absolute atomic E-state index is 4.39. The lowest BCUT2D eigenvalue weighted by Crippen LogP contribution is -2.24. The molecule has 1 aromatic carbocycles. The van der Waals surface area contributed by atoms with Crippen molar-refractivity contribution >= 4 is 0 Å². The summed E-state index contributed by atoms with van der Waals surface area (Å²) in [5, 5.41) is 3.60. The zero-order chi connectivity index (χ0) is 12.8. The second kappa shape index (κ2) is 6.31. The van der Waals surface area contributed by atoms with Crippen LogP contribution >= 0.6 is 0 Å². The first kappa shape index (κ1) is 12.8. The van der Waals surface area contributed by atoms with E-state index in [1.54, 1.807) is 0 Å². The van der Waals surface area contributed by atoms with Crippen LogP contribution in [0.15, 0.2) is 48.7 Å². The van der Waals surface area contributed by atoms with Crippen LogP contribution < -0.4 is 5.32 Å². The summed E-state index contributed by atoms with van der Waals surface area (Å²) in [6, 6.07) is 15.0. The molecule has 2 aromatic rings. The summed E-state index contributed by atoms with van der Waals surface area (Å²) < 4.78 is 0. The highest BCUT2D eigenvalue weighted by Crippen LogP contribution is 2.23. The van der Waals surface area contributed by atoms with Crippen LogP contribution in [0.25, 0.3) is 0 Å². The first-order valence-electron chi connectivity index (χ1n) is 6.52. The van der Waals surface area contributed by atoms with Gasteiger partial charge >= 0.3 is 0 Å². The van der Waals surface area contributed by atoms with E-state index in [9.17, 15) is 0 Å². The number of aryl methyl sites for hydroxylation is 1. The van der Waals surface area contributed by atoms with Gasteiger partial charge in [0.2, 0.25) is 0 Å². The van der Waals surface area contributed by atoms with Gasteiger partial charge in [-0.05, 0) is 37.1 Å². The van der Waals surface area contributed by atoms with Crippen LogP contribution in [0.2, 0.25) is 0 Å². The monoisotopic (exact) mass is 240 g/mol. The molecule has 0 aliphatic carbocycles. The lowest BCUT2D eigenvalue weighted by molar-refractivity contribution is 0.594. The molecule has 1 aromatic heterocycles. The predicted molar refractivity (Wildman–Crippen MR) is 75.6 cm³/mol. The van der Waals surface area contributed by atoms with Gasteiger partial charge in [0.1, 0.15) is 0 Å². The SMILES string of the molecule is CCCNC(c1ccccc1)c1cccnc1C. The molecule has 2 heteroatoms. The Kier molecular flexibility index (Phi) is 4.48. The van der Waals surface area contributed by atoms with Gasteiger partial charge in [0.25, 0.3) is 0 Å². The highest BCUT2D eigenvalue weighted by atomic mass is 14.9. The van der Waals surface area contributed by atoms with Crippen molar-refractivity contribution in [3.8, 4) is 0 Å². The Morgan fingerprint density at radius 1 is 1.11 bits per heavy atom. The molecule has 0 saturated carbocycles. The van der Waals surface area contributed by atoms with Crippen molar-refractivity contribution < 1.29 is 0 Å². The number of nitrogens with one attached hydrogen (secondary N) is 1. The molecule has 0 aliphatic rings. The first-order valence-corrected chi connectivity index (χ1v) is 6.52. The van der Waals surface area contributed by atoms with Crippen LogP contribution in [0.5, 0.6) is 0 Å². The second-order valence-electron chi connectivity index (χ2n) is 4.48. The largest absolute Gasteiger partial charge is 0.306 e. The van der Waals surface area contributed by atoms with Gasteiger partial charge in [0.05, 0.1) is 6.04 Å². The Labute approximate surface area is 109 Å². The van der Waals surface area contributed by atoms with Crippen molar-refractivity contribution in [1.82, 2.24) is 10.3 Å². The fourth-order valence-electron chi connectivity index (χ4n) is 2.14. The molecule has 0 saturated heterocycles. The highest BCUT2D eigenvalue weighted by Gasteiger charge is 2.15. The molecule has 1 atom stereocenters. The van der Waals surface area contributed by atoms with E-state index in [0.29, 0.717) is 0 Å². The fourth-order valence-corrected chi connectivity index (χ4v) is 2.14. The molecule has 1 unspecified atom stereocenters. The molecule has 0 amide bonds. The average Bonchev–Trinajstić information content (AvgIpc) is 2.42. The van der Waals surface area contributed by atoms with Crippen LogP contribution in [0.1, 0.15) is 36.2 Å². The summed E-state index contributed by atoms with van der Waals surface area (Å²) in [6.45, 7) is 5.26. The molecule has 18 heavy (non-hydrogen) atoms. The zero-order valence-electron chi connectivity index (χ0n) is 11.1. The molecule has 2 rings (SSSR count). The van der Waals surface area contributed by atoms with Crippen LogP contribution in [-0.4, -0.2) is 11.5 Å². The molecule has 0 spiro atoms. The zero-order valence-corrected chi connectivity index (χ0v) is 11.1. The summed E-state index contributed by atoms with van der Waals surface area (Å²) in [7, 11) is 0. The van der Waals surface area contributed by atoms with Gasteiger partial charge in [-0.15, -0.1) is 0 Å². The molecule has 94 valence electrons. The molecular weight excluding hydrogens is 220 g/mol. The molecule has 0 fully saturated rings. The molecule has 1 heterocycles. The number of aromatic nitrogens is 1. The average molecular weight is 240 g/mol. The molecule has 2 nitrogen and oxygen atoms in total. The predicted octanol–water partition coefficient (Wildman–Crippen LogP) is 3.48. The summed E-state index contributed by atoms with van der Waals surface area (Å²) in [5.74, 6) is 0. The molecular formula is C16H20N2. The summed E-state index contributed by atoms with van der Waals surface area (Å²) in [5.41, 5.74) is 3.65. The minimum absolute atomic E-state index is 0.236. The van der Waals surface area contributed by atoms with Crippen molar-refractivity contribution in [2.45, 2.75) is 26.3 Å². The molecule has 0 aliphatic heterocycles. The van der Waals surface area contributed by atoms with E-state index in [0.717, 1.165) is 18.7 Å². The van der Waals surface area contributed by atoms with Crippen molar-refractivity contribution in [3.63, 3.8) is 0 Å². The van der Waals surface area contributed by atoms with Crippen LogP contribution in [0.4, 0.5) is 0 Å². The molecule has 1 N–H and O–H groups in total. The van der Waals surface area contributed by atoms with Gasteiger partial charge in [-0.3, -0.25) is 4.98 Å². The van der Waals surface area contributed by atoms with Gasteiger partial charge < -0.3 is 5.32 Å². The van der Waals surface area contributed by atoms with Gasteiger partial charge in [-0.2, -0.15) is 0 Å². The van der Waals surface area contributed by atoms with Gasteiger partial charge in [-0.25, -0.2) is 0 Å². The Morgan fingerprint density at radius 2 is 1.89 bits per heavy atom. The van der Waals surface area contributed by atoms with E-state index in [2.05, 4.69) is 60.5 Å². The fraction of sp³-hybridized carbons (Fsp3) is 0.312. The number of pyridine rings is 1. The number of benzene rings is 1. The minimum atomic E-state index is 0.236. The van der Waals surface area contributed by atoms with Gasteiger partial charge in [0, 0.05) is 11.9 Å². The molecule has 0 radical (unpaired) electrons. The summed E-state index contributed by atoms with van der Waals surface area (Å²) in [6.07, 6.45) is 2.98. The van der Waals surface area contributed by atoms with Crippen LogP contribution in [0.3, 0.4) is 0 Å². The van der Waals surface area contributed by atoms with E-state index >= 15 is 0 Å². The molecule has 0 bridgehead atoms. The standard InChI is InChI=1S/C16H20N2/c1-3-11-18-16(14-8-5-4-6-9-14)15-10-7-12-17-13(15)2/h4-10,12,16,18H,3,11H2,1-2H3. The highest BCUT2D eigenvalue weighted by molar-refractivity contribution is 5.33. The summed E-state index contributed by atoms with van der Waals surface area (Å²) in [4.78, 5) is 4.39. The maximum atomic E-state index is 4.39. The third-order valence-corrected chi connectivity index (χ3v) is 3.09. The minimum Gasteiger partial charge on any atom is -0.306 e. The Bertz CT molecular complexity index is 479. The number of rotatable bonds is 5. The first-order chi connectivity index (χ1) is 8.83. The van der Waals surface area contributed by atoms with Crippen molar-refractivity contribution in [1.29, 1.82) is 0 Å². The van der Waals surface area contributed by atoms with E-state index in [-0.39, 0.29) is 6.04 Å². The third kappa shape index (κ3) is 2.96. The number of hydrogen-bond donors (Lipinski definition) is 1. The van der Waals surface area contributed by atoms with E-state index in [1.165, 1.54) is 11.1 Å². The van der Waals surface area contributed by atoms with Gasteiger partial charge in [0.15, 0.2) is 0 Å². The Hall–Kier alpha value is -1.67. The van der Waals surface area contributed by atoms with Crippen molar-refractivity contribution in [3.05, 3.63) is 65.5 Å². The smallest absolute Gasteiger partial charge is 0.0594 e. The van der Waals surface area contributed by atoms with Crippen LogP contribution in [-0.2, 0) is 0 Å². The summed E-state index contributed by atoms with van der Waals surface area (Å²) >= 11 is 0. The Balaban J connectivity index is 2.34. The van der Waals surface area contributed by atoms with Gasteiger partial charge in [-0.1, -0.05) is 43.3 Å². The number of nitrogens with zero attached hydrogens (tertiary/aromatic N) is 1. The van der Waals surface area contributed by atoms with Crippen molar-refractivity contribution in [2.24, 2.45) is 0 Å². The Morgan fingerprint density at radius 3 is 2.56 bits per heavy atom. The quantitative estimate of drug-likeness (QED) is 0.865. The topological polar surface area (TPSA) is 24.9 Å². The van der Waals surface area contributed by atoms with E-state index in [1.807, 2.05) is 12.3 Å². The third-order valence-electron chi connectivity index (χ3n) is 3.09. The van der Waals surface area contributed by atoms with Crippen LogP contribution in [0, 0.1) is 6.92 Å². The normalized spacial score (nSPS) is 12.3. The maximum Gasteiger partial charge on any atom is 0.0594 e. The van der Waals surface area contributed by atoms with E-state index < -0.39 is 0 Å². The van der Waals surface area contributed by atoms with E-state index in [4.69, 9.17) is 0 Å². The lowest BCUT2D eigenvalue weighted by Gasteiger charge is -2.20. The lowest BCUT2D eigenvalue weighted by atomic mass is 9.97. The van der Waals surface area contributed by atoms with Crippen molar-refractivity contribution in [2.75, 3.05) is 6.54 Å². The number of hydrogen-bond acceptors (Lipinski definition) is 2.